The molecule has 1 aliphatic rings. The minimum atomic E-state index is -0.561. The summed E-state index contributed by atoms with van der Waals surface area (Å²) in [5.41, 5.74) is 6.63. The monoisotopic (exact) mass is 328 g/mol. The Morgan fingerprint density at radius 3 is 2.64 bits per heavy atom. The number of hydrogen-bond donors (Lipinski definition) is 4. The highest BCUT2D eigenvalue weighted by Crippen LogP contribution is 2.10. The van der Waals surface area contributed by atoms with E-state index in [0.29, 0.717) is 26.2 Å². The zero-order valence-corrected chi connectivity index (χ0v) is 12.9. The van der Waals surface area contributed by atoms with E-state index in [1.807, 2.05) is 12.1 Å². The number of carbonyl (C=O) groups excluding carboxylic acids is 2. The topological polar surface area (TPSA) is 105 Å². The number of hydrogen-bond acceptors (Lipinski definition) is 4. The molecule has 0 bridgehead atoms. The van der Waals surface area contributed by atoms with Gasteiger partial charge in [-0.25, -0.2) is 4.79 Å². The van der Waals surface area contributed by atoms with Gasteiger partial charge in [-0.1, -0.05) is 12.1 Å². The summed E-state index contributed by atoms with van der Waals surface area (Å²) in [4.78, 5) is 22.5. The predicted molar refractivity (Wildman–Crippen MR) is 86.0 cm³/mol. The predicted octanol–water partition coefficient (Wildman–Crippen LogP) is 0.594. The molecule has 5 N–H and O–H groups in total. The molecule has 7 nitrogen and oxygen atoms in total. The molecule has 1 atom stereocenters. The van der Waals surface area contributed by atoms with Gasteiger partial charge < -0.3 is 26.4 Å². The number of anilines is 1. The molecule has 0 aromatic heterocycles. The van der Waals surface area contributed by atoms with Gasteiger partial charge in [0.1, 0.15) is 0 Å². The van der Waals surface area contributed by atoms with E-state index in [1.165, 1.54) is 0 Å². The van der Waals surface area contributed by atoms with Gasteiger partial charge in [0.2, 0.25) is 5.91 Å². The van der Waals surface area contributed by atoms with Crippen molar-refractivity contribution in [2.75, 3.05) is 25.1 Å². The average Bonchev–Trinajstić information content (AvgIpc) is 2.47. The lowest BCUT2D eigenvalue weighted by atomic mass is 10.1. The zero-order chi connectivity index (χ0) is 15.1. The Hall–Kier alpha value is -1.83. The number of nitrogens with two attached hydrogens (primary N) is 1. The number of benzene rings is 1. The summed E-state index contributed by atoms with van der Waals surface area (Å²) >= 11 is 0. The van der Waals surface area contributed by atoms with E-state index < -0.39 is 6.03 Å². The third kappa shape index (κ3) is 6.30. The molecule has 8 heteroatoms. The van der Waals surface area contributed by atoms with Crippen LogP contribution in [0.2, 0.25) is 0 Å². The van der Waals surface area contributed by atoms with Crippen LogP contribution in [-0.2, 0) is 16.1 Å². The molecule has 3 amide bonds. The van der Waals surface area contributed by atoms with E-state index in [4.69, 9.17) is 10.5 Å². The van der Waals surface area contributed by atoms with Gasteiger partial charge in [0, 0.05) is 31.2 Å². The van der Waals surface area contributed by atoms with Gasteiger partial charge >= 0.3 is 6.03 Å². The molecule has 1 aliphatic heterocycles. The fourth-order valence-electron chi connectivity index (χ4n) is 2.08. The number of amides is 3. The van der Waals surface area contributed by atoms with Crippen molar-refractivity contribution in [2.45, 2.75) is 19.0 Å². The number of nitrogens with one attached hydrogen (secondary N) is 3. The van der Waals surface area contributed by atoms with Crippen molar-refractivity contribution >= 4 is 30.0 Å². The van der Waals surface area contributed by atoms with Crippen LogP contribution in [0.25, 0.3) is 0 Å². The maximum absolute atomic E-state index is 11.9. The Kier molecular flexibility index (Phi) is 7.65. The number of halogens is 1. The number of ether oxygens (including phenoxy) is 1. The lowest BCUT2D eigenvalue weighted by molar-refractivity contribution is -0.117. The van der Waals surface area contributed by atoms with Crippen LogP contribution >= 0.6 is 12.4 Å². The maximum atomic E-state index is 11.9. The van der Waals surface area contributed by atoms with Crippen LogP contribution in [0.15, 0.2) is 24.3 Å². The first-order valence-corrected chi connectivity index (χ1v) is 6.87. The Labute approximate surface area is 135 Å². The Morgan fingerprint density at radius 1 is 1.32 bits per heavy atom. The highest BCUT2D eigenvalue weighted by molar-refractivity contribution is 5.91. The van der Waals surface area contributed by atoms with Gasteiger partial charge in [0.25, 0.3) is 0 Å². The van der Waals surface area contributed by atoms with Gasteiger partial charge in [-0.05, 0) is 17.7 Å². The molecule has 1 heterocycles. The highest BCUT2D eigenvalue weighted by atomic mass is 35.5. The summed E-state index contributed by atoms with van der Waals surface area (Å²) in [5, 5.41) is 8.57. The van der Waals surface area contributed by atoms with Gasteiger partial charge in [-0.3, -0.25) is 4.79 Å². The Morgan fingerprint density at radius 2 is 2.05 bits per heavy atom. The second-order valence-corrected chi connectivity index (χ2v) is 4.89. The molecule has 122 valence electrons. The molecule has 1 unspecified atom stereocenters. The lowest BCUT2D eigenvalue weighted by Gasteiger charge is -2.23. The van der Waals surface area contributed by atoms with Crippen LogP contribution in [-0.4, -0.2) is 37.7 Å². The third-order valence-corrected chi connectivity index (χ3v) is 3.13. The lowest BCUT2D eigenvalue weighted by Crippen LogP contribution is -2.43. The maximum Gasteiger partial charge on any atom is 0.312 e. The van der Waals surface area contributed by atoms with E-state index in [2.05, 4.69) is 16.0 Å². The molecule has 1 fully saturated rings. The van der Waals surface area contributed by atoms with Crippen molar-refractivity contribution in [3.05, 3.63) is 29.8 Å². The van der Waals surface area contributed by atoms with Crippen LogP contribution < -0.4 is 21.7 Å². The van der Waals surface area contributed by atoms with Crippen LogP contribution in [0.4, 0.5) is 10.5 Å². The first-order valence-electron chi connectivity index (χ1n) is 6.87. The van der Waals surface area contributed by atoms with E-state index in [9.17, 15) is 9.59 Å². The molecule has 0 saturated carbocycles. The summed E-state index contributed by atoms with van der Waals surface area (Å²) in [6.07, 6.45) is 0.380. The first kappa shape index (κ1) is 18.2. The first-order chi connectivity index (χ1) is 10.1. The number of primary amides is 1. The van der Waals surface area contributed by atoms with Crippen LogP contribution in [0.5, 0.6) is 0 Å². The average molecular weight is 329 g/mol. The minimum absolute atomic E-state index is 0. The number of morpholine rings is 1. The minimum Gasteiger partial charge on any atom is -0.378 e. The van der Waals surface area contributed by atoms with Crippen molar-refractivity contribution in [3.8, 4) is 0 Å². The number of carbonyl (C=O) groups is 2. The molecule has 1 aromatic carbocycles. The molecule has 1 aromatic rings. The largest absolute Gasteiger partial charge is 0.378 e. The van der Waals surface area contributed by atoms with E-state index in [-0.39, 0.29) is 24.4 Å². The van der Waals surface area contributed by atoms with E-state index in [1.54, 1.807) is 12.1 Å². The van der Waals surface area contributed by atoms with Gasteiger partial charge in [-0.15, -0.1) is 12.4 Å². The molecule has 2 rings (SSSR count). The molecular formula is C14H21ClN4O3. The number of urea groups is 1. The SMILES string of the molecule is Cl.NC(=O)NCc1ccc(NC(=O)CC2COCCN2)cc1. The molecule has 0 radical (unpaired) electrons. The van der Waals surface area contributed by atoms with Crippen molar-refractivity contribution in [3.63, 3.8) is 0 Å². The van der Waals surface area contributed by atoms with Crippen molar-refractivity contribution in [1.82, 2.24) is 10.6 Å². The summed E-state index contributed by atoms with van der Waals surface area (Å²) in [5.74, 6) is -0.0546. The quantitative estimate of drug-likeness (QED) is 0.635. The summed E-state index contributed by atoms with van der Waals surface area (Å²) in [6.45, 7) is 2.40. The highest BCUT2D eigenvalue weighted by Gasteiger charge is 2.16. The standard InChI is InChI=1S/C14H20N4O3.ClH/c15-14(20)17-8-10-1-3-11(4-2-10)18-13(19)7-12-9-21-6-5-16-12;/h1-4,12,16H,5-9H2,(H,18,19)(H3,15,17,20);1H. The zero-order valence-electron chi connectivity index (χ0n) is 12.1. The van der Waals surface area contributed by atoms with Crippen molar-refractivity contribution < 1.29 is 14.3 Å². The summed E-state index contributed by atoms with van der Waals surface area (Å²) in [7, 11) is 0. The molecule has 0 spiro atoms. The van der Waals surface area contributed by atoms with Gasteiger partial charge in [0.15, 0.2) is 0 Å². The molecule has 22 heavy (non-hydrogen) atoms. The van der Waals surface area contributed by atoms with Crippen LogP contribution in [0, 0.1) is 0 Å². The summed E-state index contributed by atoms with van der Waals surface area (Å²) < 4.78 is 5.31. The van der Waals surface area contributed by atoms with Gasteiger partial charge in [0.05, 0.1) is 13.2 Å². The van der Waals surface area contributed by atoms with Crippen LogP contribution in [0.3, 0.4) is 0 Å². The van der Waals surface area contributed by atoms with Crippen molar-refractivity contribution in [2.24, 2.45) is 5.73 Å². The van der Waals surface area contributed by atoms with Crippen molar-refractivity contribution in [1.29, 1.82) is 0 Å². The molecular weight excluding hydrogens is 308 g/mol. The smallest absolute Gasteiger partial charge is 0.312 e. The third-order valence-electron chi connectivity index (χ3n) is 3.13. The van der Waals surface area contributed by atoms with E-state index >= 15 is 0 Å². The van der Waals surface area contributed by atoms with E-state index in [0.717, 1.165) is 17.8 Å². The fourth-order valence-corrected chi connectivity index (χ4v) is 2.08. The Bertz CT molecular complexity index is 489. The second-order valence-electron chi connectivity index (χ2n) is 4.89. The molecule has 0 aliphatic carbocycles. The number of rotatable bonds is 5. The van der Waals surface area contributed by atoms with Gasteiger partial charge in [-0.2, -0.15) is 0 Å². The van der Waals surface area contributed by atoms with Crippen LogP contribution in [0.1, 0.15) is 12.0 Å². The fraction of sp³-hybridized carbons (Fsp3) is 0.429. The normalized spacial score (nSPS) is 17.2. The second kappa shape index (κ2) is 9.24. The molecule has 1 saturated heterocycles. The Balaban J connectivity index is 0.00000242. The summed E-state index contributed by atoms with van der Waals surface area (Å²) in [6, 6.07) is 6.75.